The number of rotatable bonds is 3. The van der Waals surface area contributed by atoms with Crippen LogP contribution in [-0.4, -0.2) is 5.78 Å². The van der Waals surface area contributed by atoms with Gasteiger partial charge < -0.3 is 0 Å². The number of benzene rings is 2. The quantitative estimate of drug-likeness (QED) is 0.706. The summed E-state index contributed by atoms with van der Waals surface area (Å²) in [7, 11) is 0. The van der Waals surface area contributed by atoms with Gasteiger partial charge in [0.25, 0.3) is 0 Å². The number of hydrogen-bond donors (Lipinski definition) is 0. The molecule has 0 aliphatic heterocycles. The Balaban J connectivity index is 2.36. The van der Waals surface area contributed by atoms with E-state index >= 15 is 0 Å². The molecule has 0 heterocycles. The summed E-state index contributed by atoms with van der Waals surface area (Å²) in [5.74, 6) is -3.34. The summed E-state index contributed by atoms with van der Waals surface area (Å²) in [5.41, 5.74) is -0.480. The standard InChI is InChI=1S/C14H7BrClF3O/c15-8-5-11(18)14(12(19)6-8)13(20)4-7-3-9(17)1-2-10(7)16/h1-3,5-6H,4H2. The smallest absolute Gasteiger partial charge is 0.173 e. The maximum atomic E-state index is 13.6. The van der Waals surface area contributed by atoms with Crippen molar-refractivity contribution in [3.8, 4) is 0 Å². The summed E-state index contributed by atoms with van der Waals surface area (Å²) in [6, 6.07) is 5.47. The summed E-state index contributed by atoms with van der Waals surface area (Å²) < 4.78 is 40.6. The number of hydrogen-bond acceptors (Lipinski definition) is 1. The number of Topliss-reactive ketones (excluding diaryl/α,β-unsaturated/α-hetero) is 1. The molecule has 0 aliphatic carbocycles. The minimum absolute atomic E-state index is 0.165. The van der Waals surface area contributed by atoms with Gasteiger partial charge in [-0.05, 0) is 35.9 Å². The lowest BCUT2D eigenvalue weighted by molar-refractivity contribution is 0.0985. The minimum atomic E-state index is -0.977. The summed E-state index contributed by atoms with van der Waals surface area (Å²) in [5, 5.41) is 0.165. The molecule has 0 saturated carbocycles. The van der Waals surface area contributed by atoms with Gasteiger partial charge in [0.15, 0.2) is 5.78 Å². The largest absolute Gasteiger partial charge is 0.294 e. The van der Waals surface area contributed by atoms with Crippen LogP contribution in [0.1, 0.15) is 15.9 Å². The fourth-order valence-electron chi connectivity index (χ4n) is 1.75. The molecule has 2 aromatic carbocycles. The number of ketones is 1. The van der Waals surface area contributed by atoms with Crippen LogP contribution in [0.4, 0.5) is 13.2 Å². The van der Waals surface area contributed by atoms with E-state index in [1.807, 2.05) is 0 Å². The third-order valence-corrected chi connectivity index (χ3v) is 3.47. The summed E-state index contributed by atoms with van der Waals surface area (Å²) >= 11 is 8.74. The topological polar surface area (TPSA) is 17.1 Å². The van der Waals surface area contributed by atoms with Crippen LogP contribution in [0.25, 0.3) is 0 Å². The van der Waals surface area contributed by atoms with Gasteiger partial charge in [-0.1, -0.05) is 27.5 Å². The molecule has 0 radical (unpaired) electrons. The molecule has 20 heavy (non-hydrogen) atoms. The van der Waals surface area contributed by atoms with Crippen molar-refractivity contribution >= 4 is 33.3 Å². The van der Waals surface area contributed by atoms with Gasteiger partial charge in [0, 0.05) is 15.9 Å². The maximum absolute atomic E-state index is 13.6. The van der Waals surface area contributed by atoms with E-state index in [0.29, 0.717) is 0 Å². The number of halogens is 5. The molecule has 0 aliphatic rings. The minimum Gasteiger partial charge on any atom is -0.294 e. The Morgan fingerprint density at radius 3 is 2.30 bits per heavy atom. The van der Waals surface area contributed by atoms with E-state index < -0.39 is 28.8 Å². The Hall–Kier alpha value is -1.33. The summed E-state index contributed by atoms with van der Waals surface area (Å²) in [6.07, 6.45) is -0.383. The molecule has 0 saturated heterocycles. The molecule has 0 atom stereocenters. The van der Waals surface area contributed by atoms with Gasteiger partial charge in [-0.25, -0.2) is 13.2 Å². The molecule has 0 aromatic heterocycles. The zero-order chi connectivity index (χ0) is 14.9. The normalized spacial score (nSPS) is 10.7. The van der Waals surface area contributed by atoms with Crippen LogP contribution in [0.5, 0.6) is 0 Å². The van der Waals surface area contributed by atoms with Crippen molar-refractivity contribution in [2.24, 2.45) is 0 Å². The van der Waals surface area contributed by atoms with Crippen molar-refractivity contribution in [3.05, 3.63) is 68.4 Å². The number of carbonyl (C=O) groups excluding carboxylic acids is 1. The molecule has 0 unspecified atom stereocenters. The lowest BCUT2D eigenvalue weighted by Gasteiger charge is -2.07. The number of carbonyl (C=O) groups is 1. The Morgan fingerprint density at radius 2 is 1.70 bits per heavy atom. The first kappa shape index (κ1) is 15.1. The average Bonchev–Trinajstić information content (AvgIpc) is 2.32. The first-order valence-electron chi connectivity index (χ1n) is 5.50. The Kier molecular flexibility index (Phi) is 4.50. The second kappa shape index (κ2) is 5.97. The fraction of sp³-hybridized carbons (Fsp3) is 0.0714. The van der Waals surface area contributed by atoms with E-state index in [2.05, 4.69) is 15.9 Å². The molecule has 0 N–H and O–H groups in total. The van der Waals surface area contributed by atoms with Crippen LogP contribution < -0.4 is 0 Å². The molecular weight excluding hydrogens is 357 g/mol. The van der Waals surface area contributed by atoms with E-state index in [4.69, 9.17) is 11.6 Å². The van der Waals surface area contributed by atoms with Crippen LogP contribution in [0.15, 0.2) is 34.8 Å². The van der Waals surface area contributed by atoms with Gasteiger partial charge in [0.05, 0.1) is 5.56 Å². The van der Waals surface area contributed by atoms with E-state index in [1.165, 1.54) is 6.07 Å². The molecule has 0 amide bonds. The summed E-state index contributed by atoms with van der Waals surface area (Å²) in [6.45, 7) is 0. The highest BCUT2D eigenvalue weighted by Gasteiger charge is 2.19. The first-order valence-corrected chi connectivity index (χ1v) is 6.67. The SMILES string of the molecule is O=C(Cc1cc(F)ccc1Cl)c1c(F)cc(Br)cc1F. The van der Waals surface area contributed by atoms with E-state index in [0.717, 1.165) is 24.3 Å². The van der Waals surface area contributed by atoms with Crippen LogP contribution in [-0.2, 0) is 6.42 Å². The Morgan fingerprint density at radius 1 is 1.10 bits per heavy atom. The van der Waals surface area contributed by atoms with Crippen molar-refractivity contribution in [1.29, 1.82) is 0 Å². The molecule has 1 nitrogen and oxygen atoms in total. The Bertz CT molecular complexity index is 665. The van der Waals surface area contributed by atoms with Gasteiger partial charge in [0.2, 0.25) is 0 Å². The van der Waals surface area contributed by atoms with Crippen molar-refractivity contribution in [3.63, 3.8) is 0 Å². The van der Waals surface area contributed by atoms with Gasteiger partial charge >= 0.3 is 0 Å². The first-order chi connectivity index (χ1) is 9.38. The van der Waals surface area contributed by atoms with Gasteiger partial charge in [-0.2, -0.15) is 0 Å². The second-order valence-corrected chi connectivity index (χ2v) is 5.40. The maximum Gasteiger partial charge on any atom is 0.173 e. The molecule has 104 valence electrons. The van der Waals surface area contributed by atoms with Crippen LogP contribution in [0.3, 0.4) is 0 Å². The lowest BCUT2D eigenvalue weighted by Crippen LogP contribution is -2.09. The summed E-state index contributed by atoms with van der Waals surface area (Å²) in [4.78, 5) is 12.0. The van der Waals surface area contributed by atoms with E-state index in [1.54, 1.807) is 0 Å². The van der Waals surface area contributed by atoms with E-state index in [9.17, 15) is 18.0 Å². The van der Waals surface area contributed by atoms with Crippen molar-refractivity contribution in [1.82, 2.24) is 0 Å². The monoisotopic (exact) mass is 362 g/mol. The molecular formula is C14H7BrClF3O. The molecule has 0 spiro atoms. The zero-order valence-electron chi connectivity index (χ0n) is 9.89. The highest BCUT2D eigenvalue weighted by molar-refractivity contribution is 9.10. The fourth-order valence-corrected chi connectivity index (χ4v) is 2.34. The van der Waals surface area contributed by atoms with Crippen molar-refractivity contribution < 1.29 is 18.0 Å². The van der Waals surface area contributed by atoms with Crippen molar-refractivity contribution in [2.75, 3.05) is 0 Å². The molecule has 0 bridgehead atoms. The van der Waals surface area contributed by atoms with Crippen LogP contribution >= 0.6 is 27.5 Å². The molecule has 2 aromatic rings. The van der Waals surface area contributed by atoms with Crippen molar-refractivity contribution in [2.45, 2.75) is 6.42 Å². The highest BCUT2D eigenvalue weighted by atomic mass is 79.9. The second-order valence-electron chi connectivity index (χ2n) is 4.08. The van der Waals surface area contributed by atoms with Crippen LogP contribution in [0.2, 0.25) is 5.02 Å². The zero-order valence-corrected chi connectivity index (χ0v) is 12.2. The lowest BCUT2D eigenvalue weighted by atomic mass is 10.0. The predicted molar refractivity (Wildman–Crippen MR) is 73.5 cm³/mol. The molecule has 2 rings (SSSR count). The predicted octanol–water partition coefficient (Wildman–Crippen LogP) is 4.95. The van der Waals surface area contributed by atoms with E-state index in [-0.39, 0.29) is 21.5 Å². The van der Waals surface area contributed by atoms with Gasteiger partial charge in [-0.3, -0.25) is 4.79 Å². The average molecular weight is 364 g/mol. The molecule has 0 fully saturated rings. The third kappa shape index (κ3) is 3.22. The van der Waals surface area contributed by atoms with Gasteiger partial charge in [-0.15, -0.1) is 0 Å². The molecule has 6 heteroatoms. The highest BCUT2D eigenvalue weighted by Crippen LogP contribution is 2.23. The van der Waals surface area contributed by atoms with Gasteiger partial charge in [0.1, 0.15) is 17.5 Å². The van der Waals surface area contributed by atoms with Crippen LogP contribution in [0, 0.1) is 17.5 Å². The Labute approximate surface area is 126 Å². The third-order valence-electron chi connectivity index (χ3n) is 2.64.